The number of fused-ring (bicyclic) bond motifs is 7. The van der Waals surface area contributed by atoms with Crippen molar-refractivity contribution in [3.8, 4) is 67.8 Å². The van der Waals surface area contributed by atoms with Gasteiger partial charge in [-0.1, -0.05) is 164 Å². The molecule has 3 aromatic heterocycles. The monoisotopic (exact) mass is 791 g/mol. The molecule has 12 rings (SSSR count). The second kappa shape index (κ2) is 14.7. The summed E-state index contributed by atoms with van der Waals surface area (Å²) in [7, 11) is 0. The summed E-state index contributed by atoms with van der Waals surface area (Å²) in [5.41, 5.74) is 13.3. The van der Waals surface area contributed by atoms with E-state index in [4.69, 9.17) is 15.0 Å². The number of para-hydroxylation sites is 2. The van der Waals surface area contributed by atoms with Crippen LogP contribution in [0.4, 0.5) is 0 Å². The molecule has 0 unspecified atom stereocenters. The molecule has 0 amide bonds. The van der Waals surface area contributed by atoms with Crippen LogP contribution in [0.3, 0.4) is 0 Å². The maximum atomic E-state index is 4.98. The first kappa shape index (κ1) is 35.5. The Morgan fingerprint density at radius 1 is 0.306 bits per heavy atom. The van der Waals surface area contributed by atoms with Crippen molar-refractivity contribution in [1.29, 1.82) is 0 Å². The number of aromatic nitrogens is 5. The van der Waals surface area contributed by atoms with E-state index in [-0.39, 0.29) is 0 Å². The number of rotatable bonds is 7. The van der Waals surface area contributed by atoms with E-state index in [1.54, 1.807) is 0 Å². The summed E-state index contributed by atoms with van der Waals surface area (Å²) in [5, 5.41) is 6.17. The van der Waals surface area contributed by atoms with Gasteiger partial charge in [-0.15, -0.1) is 0 Å². The normalized spacial score (nSPS) is 11.5. The highest BCUT2D eigenvalue weighted by Crippen LogP contribution is 2.41. The molecule has 0 fully saturated rings. The summed E-state index contributed by atoms with van der Waals surface area (Å²) in [6, 6.07) is 77.2. The van der Waals surface area contributed by atoms with Crippen molar-refractivity contribution < 1.29 is 0 Å². The summed E-state index contributed by atoms with van der Waals surface area (Å²) in [6.45, 7) is 0. The summed E-state index contributed by atoms with van der Waals surface area (Å²) >= 11 is 0. The Kier molecular flexibility index (Phi) is 8.42. The van der Waals surface area contributed by atoms with Crippen molar-refractivity contribution in [3.05, 3.63) is 225 Å². The lowest BCUT2D eigenvalue weighted by Gasteiger charge is -2.10. The zero-order valence-electron chi connectivity index (χ0n) is 33.6. The van der Waals surface area contributed by atoms with Gasteiger partial charge in [-0.3, -0.25) is 0 Å². The van der Waals surface area contributed by atoms with Crippen molar-refractivity contribution in [2.24, 2.45) is 0 Å². The van der Waals surface area contributed by atoms with Crippen LogP contribution >= 0.6 is 0 Å². The second-order valence-corrected chi connectivity index (χ2v) is 15.7. The lowest BCUT2D eigenvalue weighted by atomic mass is 9.97. The van der Waals surface area contributed by atoms with Crippen molar-refractivity contribution in [2.45, 2.75) is 0 Å². The summed E-state index contributed by atoms with van der Waals surface area (Å²) < 4.78 is 4.72. The van der Waals surface area contributed by atoms with Gasteiger partial charge in [-0.2, -0.15) is 0 Å². The SMILES string of the molecule is c1ccc(-c2nc(-c3ccccc3)nc(-c3cccc(-c4ccc(-c5ccc6c(c5)c5c7ccc8ccn(-c9ccccc9)c8c7ccc5n6-c5ccccc5)cc4)c3)n2)cc1. The van der Waals surface area contributed by atoms with Crippen molar-refractivity contribution in [3.63, 3.8) is 0 Å². The largest absolute Gasteiger partial charge is 0.316 e. The standard InChI is InChI=1S/C57H37N5/c1-5-14-41(15-6-1)55-58-56(42-16-7-2-8-17-42)60-57(59-55)45-19-13-18-43(36-45)38-24-26-39(27-25-38)44-29-32-51-50(37-44)53-48-30-28-40-34-35-61(46-20-9-3-10-21-46)54(40)49(48)31-33-52(53)62(51)47-22-11-4-12-23-47/h1-37H. The predicted molar refractivity (Wildman–Crippen MR) is 256 cm³/mol. The quantitative estimate of drug-likeness (QED) is 0.162. The third-order valence-corrected chi connectivity index (χ3v) is 12.0. The van der Waals surface area contributed by atoms with Gasteiger partial charge >= 0.3 is 0 Å². The molecule has 0 saturated carbocycles. The van der Waals surface area contributed by atoms with Crippen molar-refractivity contribution in [2.75, 3.05) is 0 Å². The first-order valence-electron chi connectivity index (χ1n) is 20.9. The molecule has 0 N–H and O–H groups in total. The topological polar surface area (TPSA) is 48.5 Å². The Morgan fingerprint density at radius 3 is 1.45 bits per heavy atom. The predicted octanol–water partition coefficient (Wildman–Crippen LogP) is 14.4. The van der Waals surface area contributed by atoms with E-state index in [1.165, 1.54) is 49.0 Å². The third-order valence-electron chi connectivity index (χ3n) is 12.0. The van der Waals surface area contributed by atoms with Crippen molar-refractivity contribution in [1.82, 2.24) is 24.1 Å². The minimum atomic E-state index is 0.640. The number of hydrogen-bond acceptors (Lipinski definition) is 3. The lowest BCUT2D eigenvalue weighted by Crippen LogP contribution is -2.00. The Balaban J connectivity index is 0.959. The Hall–Kier alpha value is -8.41. The number of nitrogens with zero attached hydrogens (tertiary/aromatic N) is 5. The van der Waals surface area contributed by atoms with E-state index < -0.39 is 0 Å². The van der Waals surface area contributed by atoms with E-state index >= 15 is 0 Å². The van der Waals surface area contributed by atoms with E-state index in [2.05, 4.69) is 173 Å². The lowest BCUT2D eigenvalue weighted by molar-refractivity contribution is 1.07. The van der Waals surface area contributed by atoms with Gasteiger partial charge < -0.3 is 9.13 Å². The van der Waals surface area contributed by atoms with Crippen LogP contribution in [0.15, 0.2) is 225 Å². The first-order chi connectivity index (χ1) is 30.7. The van der Waals surface area contributed by atoms with Crippen molar-refractivity contribution >= 4 is 43.5 Å². The van der Waals surface area contributed by atoms with Gasteiger partial charge in [0.15, 0.2) is 17.5 Å². The zero-order valence-corrected chi connectivity index (χ0v) is 33.6. The number of benzene rings is 9. The van der Waals surface area contributed by atoms with Crippen LogP contribution in [0.2, 0.25) is 0 Å². The summed E-state index contributed by atoms with van der Waals surface area (Å²) in [4.78, 5) is 14.8. The Labute approximate surface area is 358 Å². The average molecular weight is 792 g/mol. The molecule has 0 atom stereocenters. The smallest absolute Gasteiger partial charge is 0.164 e. The van der Waals surface area contributed by atoms with E-state index in [0.717, 1.165) is 44.8 Å². The molecule has 5 heteroatoms. The van der Waals surface area contributed by atoms with Gasteiger partial charge in [0.1, 0.15) is 0 Å². The fraction of sp³-hybridized carbons (Fsp3) is 0. The summed E-state index contributed by atoms with van der Waals surface area (Å²) in [6.07, 6.45) is 2.19. The maximum Gasteiger partial charge on any atom is 0.164 e. The molecule has 0 aliphatic carbocycles. The molecule has 0 aliphatic heterocycles. The summed E-state index contributed by atoms with van der Waals surface area (Å²) in [5.74, 6) is 1.94. The molecule has 0 saturated heterocycles. The maximum absolute atomic E-state index is 4.98. The minimum Gasteiger partial charge on any atom is -0.316 e. The molecular weight excluding hydrogens is 755 g/mol. The van der Waals surface area contributed by atoms with Crippen LogP contribution in [0.25, 0.3) is 111 Å². The molecule has 0 spiro atoms. The second-order valence-electron chi connectivity index (χ2n) is 15.7. The van der Waals surface area contributed by atoms with Crippen LogP contribution < -0.4 is 0 Å². The zero-order chi connectivity index (χ0) is 41.0. The molecule has 12 aromatic rings. The highest BCUT2D eigenvalue weighted by molar-refractivity contribution is 6.25. The van der Waals surface area contributed by atoms with E-state index in [9.17, 15) is 0 Å². The van der Waals surface area contributed by atoms with Crippen LogP contribution in [0.1, 0.15) is 0 Å². The van der Waals surface area contributed by atoms with Gasteiger partial charge in [0.05, 0.1) is 16.6 Å². The Morgan fingerprint density at radius 2 is 0.806 bits per heavy atom. The minimum absolute atomic E-state index is 0.640. The van der Waals surface area contributed by atoms with Gasteiger partial charge in [0, 0.05) is 55.8 Å². The van der Waals surface area contributed by atoms with E-state index in [0.29, 0.717) is 17.5 Å². The molecule has 62 heavy (non-hydrogen) atoms. The first-order valence-corrected chi connectivity index (χ1v) is 20.9. The van der Waals surface area contributed by atoms with Crippen LogP contribution in [0.5, 0.6) is 0 Å². The van der Waals surface area contributed by atoms with E-state index in [1.807, 2.05) is 60.7 Å². The van der Waals surface area contributed by atoms with Crippen LogP contribution in [0, 0.1) is 0 Å². The highest BCUT2D eigenvalue weighted by atomic mass is 15.0. The third kappa shape index (κ3) is 6.06. The molecule has 0 radical (unpaired) electrons. The molecule has 9 aromatic carbocycles. The molecule has 3 heterocycles. The molecule has 5 nitrogen and oxygen atoms in total. The molecule has 290 valence electrons. The Bertz CT molecular complexity index is 3540. The number of hydrogen-bond donors (Lipinski definition) is 0. The fourth-order valence-electron chi connectivity index (χ4n) is 9.03. The van der Waals surface area contributed by atoms with Gasteiger partial charge in [0.25, 0.3) is 0 Å². The van der Waals surface area contributed by atoms with Crippen LogP contribution in [-0.2, 0) is 0 Å². The fourth-order valence-corrected chi connectivity index (χ4v) is 9.03. The van der Waals surface area contributed by atoms with Crippen LogP contribution in [-0.4, -0.2) is 24.1 Å². The molecular formula is C57H37N5. The average Bonchev–Trinajstić information content (AvgIpc) is 3.95. The van der Waals surface area contributed by atoms with Gasteiger partial charge in [-0.05, 0) is 82.2 Å². The molecule has 0 bridgehead atoms. The highest BCUT2D eigenvalue weighted by Gasteiger charge is 2.19. The van der Waals surface area contributed by atoms with Gasteiger partial charge in [0.2, 0.25) is 0 Å². The molecule has 0 aliphatic rings. The van der Waals surface area contributed by atoms with Gasteiger partial charge in [-0.25, -0.2) is 15.0 Å².